The van der Waals surface area contributed by atoms with Gasteiger partial charge in [0.15, 0.2) is 5.03 Å². The molecule has 7 nitrogen and oxygen atoms in total. The molecule has 1 unspecified atom stereocenters. The van der Waals surface area contributed by atoms with Crippen molar-refractivity contribution >= 4 is 16.0 Å². The summed E-state index contributed by atoms with van der Waals surface area (Å²) in [5, 5.41) is 13.9. The largest absolute Gasteiger partial charge is 0.478 e. The highest BCUT2D eigenvalue weighted by Crippen LogP contribution is 2.12. The summed E-state index contributed by atoms with van der Waals surface area (Å²) < 4.78 is 26.1. The van der Waals surface area contributed by atoms with Crippen LogP contribution in [0.1, 0.15) is 30.1 Å². The Kier molecular flexibility index (Phi) is 4.47. The lowest BCUT2D eigenvalue weighted by Gasteiger charge is -2.11. The van der Waals surface area contributed by atoms with Gasteiger partial charge in [-0.1, -0.05) is 19.3 Å². The summed E-state index contributed by atoms with van der Waals surface area (Å²) in [5.74, 6) is 0.920. The first-order valence-electron chi connectivity index (χ1n) is 5.17. The van der Waals surface area contributed by atoms with Crippen LogP contribution >= 0.6 is 0 Å². The maximum Gasteiger partial charge on any atom is 0.340 e. The van der Waals surface area contributed by atoms with E-state index in [0.717, 1.165) is 6.20 Å². The second-order valence-corrected chi connectivity index (χ2v) is 5.20. The molecule has 1 aromatic heterocycles. The molecule has 18 heavy (non-hydrogen) atoms. The van der Waals surface area contributed by atoms with Gasteiger partial charge in [0, 0.05) is 0 Å². The monoisotopic (exact) mass is 271 g/mol. The molecule has 0 radical (unpaired) electrons. The predicted octanol–water partition coefficient (Wildman–Crippen LogP) is 0.188. The number of sulfonamides is 1. The van der Waals surface area contributed by atoms with E-state index in [-0.39, 0.29) is 0 Å². The summed E-state index contributed by atoms with van der Waals surface area (Å²) in [6, 6.07) is -0.676. The Balaban J connectivity index is 3.04. The Morgan fingerprint density at radius 3 is 2.89 bits per heavy atom. The van der Waals surface area contributed by atoms with Gasteiger partial charge in [-0.05, 0) is 6.42 Å². The van der Waals surface area contributed by atoms with Gasteiger partial charge in [0.2, 0.25) is 0 Å². The topological polar surface area (TPSA) is 112 Å². The van der Waals surface area contributed by atoms with Gasteiger partial charge in [-0.3, -0.25) is 5.10 Å². The summed E-state index contributed by atoms with van der Waals surface area (Å²) in [6.07, 6.45) is 7.30. The van der Waals surface area contributed by atoms with Crippen molar-refractivity contribution in [3.8, 4) is 12.3 Å². The van der Waals surface area contributed by atoms with Crippen LogP contribution in [0.3, 0.4) is 0 Å². The fourth-order valence-electron chi connectivity index (χ4n) is 1.34. The van der Waals surface area contributed by atoms with Crippen molar-refractivity contribution < 1.29 is 18.3 Å². The fraction of sp³-hybridized carbons (Fsp3) is 0.400. The Morgan fingerprint density at radius 2 is 2.39 bits per heavy atom. The highest BCUT2D eigenvalue weighted by molar-refractivity contribution is 7.89. The quantitative estimate of drug-likeness (QED) is 0.639. The van der Waals surface area contributed by atoms with E-state index in [0.29, 0.717) is 12.8 Å². The van der Waals surface area contributed by atoms with Gasteiger partial charge in [0.05, 0.1) is 12.2 Å². The molecule has 98 valence electrons. The van der Waals surface area contributed by atoms with Gasteiger partial charge < -0.3 is 5.11 Å². The summed E-state index contributed by atoms with van der Waals surface area (Å²) in [5.41, 5.74) is -0.422. The molecule has 0 aliphatic rings. The minimum atomic E-state index is -4.02. The zero-order valence-electron chi connectivity index (χ0n) is 9.67. The van der Waals surface area contributed by atoms with Crippen LogP contribution in [0.5, 0.6) is 0 Å². The van der Waals surface area contributed by atoms with Gasteiger partial charge in [0.1, 0.15) is 5.56 Å². The van der Waals surface area contributed by atoms with Gasteiger partial charge in [-0.25, -0.2) is 13.2 Å². The molecule has 8 heteroatoms. The number of carbonyl (C=O) groups is 1. The molecule has 0 bridgehead atoms. The van der Waals surface area contributed by atoms with Crippen LogP contribution < -0.4 is 4.72 Å². The second kappa shape index (κ2) is 5.66. The zero-order chi connectivity index (χ0) is 13.8. The van der Waals surface area contributed by atoms with Crippen LogP contribution in [0, 0.1) is 12.3 Å². The van der Waals surface area contributed by atoms with Crippen LogP contribution in [-0.4, -0.2) is 35.7 Å². The van der Waals surface area contributed by atoms with E-state index < -0.39 is 32.6 Å². The SMILES string of the molecule is C#CC(CCC)NS(=O)(=O)c1[nH]ncc1C(=O)O. The average Bonchev–Trinajstić information content (AvgIpc) is 2.77. The number of hydrogen-bond acceptors (Lipinski definition) is 4. The molecular weight excluding hydrogens is 258 g/mol. The number of nitrogens with one attached hydrogen (secondary N) is 2. The van der Waals surface area contributed by atoms with Crippen molar-refractivity contribution in [2.75, 3.05) is 0 Å². The molecule has 0 saturated carbocycles. The number of terminal acetylenes is 1. The second-order valence-electron chi connectivity index (χ2n) is 3.55. The highest BCUT2D eigenvalue weighted by Gasteiger charge is 2.26. The molecule has 1 aromatic rings. The van der Waals surface area contributed by atoms with Gasteiger partial charge in [-0.2, -0.15) is 9.82 Å². The van der Waals surface area contributed by atoms with Gasteiger partial charge in [-0.15, -0.1) is 6.42 Å². The predicted molar refractivity (Wildman–Crippen MR) is 63.4 cm³/mol. The van der Waals surface area contributed by atoms with Crippen molar-refractivity contribution in [3.63, 3.8) is 0 Å². The lowest BCUT2D eigenvalue weighted by molar-refractivity contribution is 0.0692. The maximum absolute atomic E-state index is 11.9. The minimum Gasteiger partial charge on any atom is -0.478 e. The maximum atomic E-state index is 11.9. The Morgan fingerprint density at radius 1 is 1.72 bits per heavy atom. The molecule has 0 saturated heterocycles. The first kappa shape index (κ1) is 14.2. The van der Waals surface area contributed by atoms with Crippen molar-refractivity contribution in [3.05, 3.63) is 11.8 Å². The van der Waals surface area contributed by atoms with E-state index in [4.69, 9.17) is 11.5 Å². The summed E-state index contributed by atoms with van der Waals surface area (Å²) >= 11 is 0. The van der Waals surface area contributed by atoms with Crippen LogP contribution in [0.15, 0.2) is 11.2 Å². The molecule has 1 rings (SSSR count). The van der Waals surface area contributed by atoms with E-state index in [1.54, 1.807) is 0 Å². The molecule has 0 fully saturated rings. The molecule has 0 amide bonds. The molecular formula is C10H13N3O4S. The Labute approximate surface area is 105 Å². The smallest absolute Gasteiger partial charge is 0.340 e. The number of aromatic amines is 1. The number of H-pyrrole nitrogens is 1. The summed E-state index contributed by atoms with van der Waals surface area (Å²) in [6.45, 7) is 1.86. The first-order chi connectivity index (χ1) is 8.42. The van der Waals surface area contributed by atoms with Crippen molar-refractivity contribution in [2.24, 2.45) is 0 Å². The van der Waals surface area contributed by atoms with Crippen LogP contribution in [-0.2, 0) is 10.0 Å². The van der Waals surface area contributed by atoms with Gasteiger partial charge in [0.25, 0.3) is 10.0 Å². The van der Waals surface area contributed by atoms with Crippen molar-refractivity contribution in [1.29, 1.82) is 0 Å². The molecule has 3 N–H and O–H groups in total. The third-order valence-electron chi connectivity index (χ3n) is 2.18. The average molecular weight is 271 g/mol. The number of hydrogen-bond donors (Lipinski definition) is 3. The Hall–Kier alpha value is -1.85. The van der Waals surface area contributed by atoms with E-state index in [2.05, 4.69) is 20.8 Å². The van der Waals surface area contributed by atoms with E-state index >= 15 is 0 Å². The van der Waals surface area contributed by atoms with Crippen LogP contribution in [0.2, 0.25) is 0 Å². The molecule has 0 aliphatic carbocycles. The molecule has 0 aliphatic heterocycles. The van der Waals surface area contributed by atoms with Crippen molar-refractivity contribution in [2.45, 2.75) is 30.8 Å². The Bertz CT molecular complexity index is 570. The summed E-state index contributed by atoms with van der Waals surface area (Å²) in [4.78, 5) is 10.8. The molecule has 0 spiro atoms. The van der Waals surface area contributed by atoms with Gasteiger partial charge >= 0.3 is 5.97 Å². The lowest BCUT2D eigenvalue weighted by atomic mass is 10.2. The third kappa shape index (κ3) is 3.09. The zero-order valence-corrected chi connectivity index (χ0v) is 10.5. The first-order valence-corrected chi connectivity index (χ1v) is 6.65. The number of nitrogens with zero attached hydrogens (tertiary/aromatic N) is 1. The van der Waals surface area contributed by atoms with Crippen LogP contribution in [0.4, 0.5) is 0 Å². The number of carboxylic acid groups (broad SMARTS) is 1. The highest BCUT2D eigenvalue weighted by atomic mass is 32.2. The number of aromatic carboxylic acids is 1. The molecule has 0 aromatic carbocycles. The number of carboxylic acids is 1. The van der Waals surface area contributed by atoms with E-state index in [9.17, 15) is 13.2 Å². The normalized spacial score (nSPS) is 12.9. The molecule has 1 heterocycles. The van der Waals surface area contributed by atoms with E-state index in [1.165, 1.54) is 0 Å². The fourth-order valence-corrected chi connectivity index (χ4v) is 2.62. The lowest BCUT2D eigenvalue weighted by Crippen LogP contribution is -2.34. The number of aromatic nitrogens is 2. The van der Waals surface area contributed by atoms with Crippen molar-refractivity contribution in [1.82, 2.24) is 14.9 Å². The van der Waals surface area contributed by atoms with Crippen LogP contribution in [0.25, 0.3) is 0 Å². The molecule has 1 atom stereocenters. The van der Waals surface area contributed by atoms with E-state index in [1.807, 2.05) is 6.92 Å². The minimum absolute atomic E-state index is 0.422. The summed E-state index contributed by atoms with van der Waals surface area (Å²) in [7, 11) is -4.02. The standard InChI is InChI=1S/C10H13N3O4S/c1-3-5-7(4-2)13-18(16,17)9-8(10(14)15)6-11-12-9/h2,6-7,13H,3,5H2,1H3,(H,11,12)(H,14,15). The third-order valence-corrected chi connectivity index (χ3v) is 3.62. The number of rotatable bonds is 6.